The molecule has 1 aliphatic carbocycles. The van der Waals surface area contributed by atoms with Crippen molar-refractivity contribution in [1.29, 1.82) is 0 Å². The lowest BCUT2D eigenvalue weighted by molar-refractivity contribution is 0.111. The first-order valence-electron chi connectivity index (χ1n) is 10.0. The van der Waals surface area contributed by atoms with E-state index < -0.39 is 0 Å². The first kappa shape index (κ1) is 21.0. The molecule has 6 heteroatoms. The van der Waals surface area contributed by atoms with Gasteiger partial charge in [0.05, 0.1) is 5.02 Å². The average Bonchev–Trinajstić information content (AvgIpc) is 3.14. The molecule has 5 nitrogen and oxygen atoms in total. The maximum absolute atomic E-state index is 11.1. The topological polar surface area (TPSA) is 67.5 Å². The van der Waals surface area contributed by atoms with E-state index in [1.807, 2.05) is 22.7 Å². The molecule has 0 spiro atoms. The summed E-state index contributed by atoms with van der Waals surface area (Å²) in [6.07, 6.45) is 11.0. The van der Waals surface area contributed by atoms with Gasteiger partial charge in [0.25, 0.3) is 0 Å². The summed E-state index contributed by atoms with van der Waals surface area (Å²) in [5.74, 6) is 0. The number of aldehydes is 1. The van der Waals surface area contributed by atoms with Gasteiger partial charge >= 0.3 is 0 Å². The highest BCUT2D eigenvalue weighted by Gasteiger charge is 2.21. The molecule has 3 heterocycles. The second-order valence-corrected chi connectivity index (χ2v) is 7.59. The summed E-state index contributed by atoms with van der Waals surface area (Å²) in [6.45, 7) is 0. The molecule has 0 radical (unpaired) electrons. The zero-order valence-electron chi connectivity index (χ0n) is 17.1. The van der Waals surface area contributed by atoms with Gasteiger partial charge in [0.2, 0.25) is 0 Å². The molecule has 0 saturated heterocycles. The van der Waals surface area contributed by atoms with Gasteiger partial charge in [-0.3, -0.25) is 9.78 Å². The number of carbonyl (C=O) groups is 1. The van der Waals surface area contributed by atoms with Crippen molar-refractivity contribution in [2.24, 2.45) is 0 Å². The molecule has 0 bridgehead atoms. The maximum Gasteiger partial charge on any atom is 0.170 e. The molecule has 0 fully saturated rings. The Morgan fingerprint density at radius 2 is 1.94 bits per heavy atom. The number of allylic oxidation sites excluding steroid dienone is 1. The minimum Gasteiger partial charge on any atom is -0.400 e. The van der Waals surface area contributed by atoms with Crippen molar-refractivity contribution in [3.05, 3.63) is 100 Å². The number of halogens is 1. The number of aryl methyl sites for hydroxylation is 1. The van der Waals surface area contributed by atoms with Crippen molar-refractivity contribution < 1.29 is 9.90 Å². The number of fused-ring (bicyclic) bond motifs is 2. The molecule has 1 aliphatic rings. The third kappa shape index (κ3) is 4.02. The van der Waals surface area contributed by atoms with Crippen molar-refractivity contribution in [2.75, 3.05) is 7.11 Å². The summed E-state index contributed by atoms with van der Waals surface area (Å²) in [4.78, 5) is 19.7. The number of hydrogen-bond donors (Lipinski definition) is 1. The van der Waals surface area contributed by atoms with Gasteiger partial charge in [0.1, 0.15) is 11.3 Å². The van der Waals surface area contributed by atoms with E-state index >= 15 is 0 Å². The van der Waals surface area contributed by atoms with Gasteiger partial charge in [-0.05, 0) is 70.9 Å². The fraction of sp³-hybridized carbons (Fsp3) is 0.160. The van der Waals surface area contributed by atoms with Gasteiger partial charge in [-0.25, -0.2) is 4.98 Å². The number of nitrogens with zero attached hydrogens (tertiary/aromatic N) is 3. The van der Waals surface area contributed by atoms with Crippen LogP contribution in [0.1, 0.15) is 45.6 Å². The number of benzene rings is 1. The van der Waals surface area contributed by atoms with Crippen LogP contribution in [0.25, 0.3) is 16.8 Å². The Morgan fingerprint density at radius 3 is 2.74 bits per heavy atom. The largest absolute Gasteiger partial charge is 0.400 e. The van der Waals surface area contributed by atoms with Crippen LogP contribution in [0.3, 0.4) is 0 Å². The predicted octanol–water partition coefficient (Wildman–Crippen LogP) is 5.10. The fourth-order valence-electron chi connectivity index (χ4n) is 4.16. The van der Waals surface area contributed by atoms with Crippen LogP contribution < -0.4 is 0 Å². The summed E-state index contributed by atoms with van der Waals surface area (Å²) < 4.78 is 1.87. The lowest BCUT2D eigenvalue weighted by Crippen LogP contribution is -1.98. The zero-order chi connectivity index (χ0) is 21.8. The third-order valence-electron chi connectivity index (χ3n) is 5.45. The van der Waals surface area contributed by atoms with Gasteiger partial charge in [-0.1, -0.05) is 35.9 Å². The van der Waals surface area contributed by atoms with Crippen molar-refractivity contribution in [3.63, 3.8) is 0 Å². The summed E-state index contributed by atoms with van der Waals surface area (Å²) >= 11 is 6.56. The monoisotopic (exact) mass is 431 g/mol. The zero-order valence-corrected chi connectivity index (χ0v) is 17.9. The second kappa shape index (κ2) is 9.25. The molecule has 1 aromatic carbocycles. The number of hydrogen-bond acceptors (Lipinski definition) is 4. The van der Waals surface area contributed by atoms with Crippen molar-refractivity contribution in [1.82, 2.24) is 14.4 Å². The van der Waals surface area contributed by atoms with Crippen LogP contribution in [-0.2, 0) is 6.42 Å². The first-order valence-corrected chi connectivity index (χ1v) is 10.4. The van der Waals surface area contributed by atoms with Crippen LogP contribution in [0.4, 0.5) is 0 Å². The summed E-state index contributed by atoms with van der Waals surface area (Å²) in [5.41, 5.74) is 8.20. The molecule has 0 saturated carbocycles. The van der Waals surface area contributed by atoms with E-state index in [2.05, 4.69) is 40.3 Å². The molecular formula is C25H22ClN3O2. The van der Waals surface area contributed by atoms with E-state index in [9.17, 15) is 4.79 Å². The standard InChI is InChI=1S/C24H18ClN3O.CH4O/c25-22-13-26-10-8-20(22)21-7-3-5-16-4-1-2-6-19(16)24(21)17-9-11-28-14-18(15-29)27-23(28)12-17;1-2/h1-2,4,6,8-15H,3,5,7H2;2H,1H3. The van der Waals surface area contributed by atoms with Crippen molar-refractivity contribution in [3.8, 4) is 0 Å². The van der Waals surface area contributed by atoms with Crippen LogP contribution in [0.5, 0.6) is 0 Å². The molecule has 156 valence electrons. The minimum absolute atomic E-state index is 0.426. The molecule has 31 heavy (non-hydrogen) atoms. The molecule has 3 aromatic heterocycles. The van der Waals surface area contributed by atoms with E-state index in [-0.39, 0.29) is 0 Å². The number of aromatic nitrogens is 3. The summed E-state index contributed by atoms with van der Waals surface area (Å²) in [5, 5.41) is 7.66. The number of rotatable bonds is 3. The van der Waals surface area contributed by atoms with Crippen LogP contribution >= 0.6 is 11.6 Å². The predicted molar refractivity (Wildman–Crippen MR) is 123 cm³/mol. The Balaban J connectivity index is 0.00000112. The summed E-state index contributed by atoms with van der Waals surface area (Å²) in [7, 11) is 1.00. The SMILES string of the molecule is CO.O=Cc1cn2ccc(C3=C(c4ccncc4Cl)CCCc4ccccc43)cc2n1. The van der Waals surface area contributed by atoms with Gasteiger partial charge in [0.15, 0.2) is 6.29 Å². The molecule has 0 atom stereocenters. The Hall–Kier alpha value is -3.28. The van der Waals surface area contributed by atoms with Crippen LogP contribution in [-0.4, -0.2) is 32.9 Å². The number of imidazole rings is 1. The van der Waals surface area contributed by atoms with Crippen LogP contribution in [0, 0.1) is 0 Å². The Kier molecular flexibility index (Phi) is 6.26. The van der Waals surface area contributed by atoms with Crippen LogP contribution in [0.2, 0.25) is 5.02 Å². The Morgan fingerprint density at radius 1 is 1.10 bits per heavy atom. The molecule has 1 N–H and O–H groups in total. The maximum atomic E-state index is 11.1. The fourth-order valence-corrected chi connectivity index (χ4v) is 4.39. The molecular weight excluding hydrogens is 410 g/mol. The van der Waals surface area contributed by atoms with Gasteiger partial charge in [0, 0.05) is 31.9 Å². The second-order valence-electron chi connectivity index (χ2n) is 7.18. The number of aliphatic hydroxyl groups excluding tert-OH is 1. The molecule has 5 rings (SSSR count). The summed E-state index contributed by atoms with van der Waals surface area (Å²) in [6, 6.07) is 14.7. The highest BCUT2D eigenvalue weighted by atomic mass is 35.5. The quantitative estimate of drug-likeness (QED) is 0.458. The molecule has 0 aliphatic heterocycles. The van der Waals surface area contributed by atoms with E-state index in [0.717, 1.165) is 49.4 Å². The van der Waals surface area contributed by atoms with Gasteiger partial charge in [-0.15, -0.1) is 0 Å². The molecule has 0 amide bonds. The highest BCUT2D eigenvalue weighted by molar-refractivity contribution is 6.32. The normalized spacial score (nSPS) is 13.3. The molecule has 0 unspecified atom stereocenters. The van der Waals surface area contributed by atoms with E-state index in [0.29, 0.717) is 10.7 Å². The highest BCUT2D eigenvalue weighted by Crippen LogP contribution is 2.41. The van der Waals surface area contributed by atoms with Gasteiger partial charge in [-0.2, -0.15) is 0 Å². The lowest BCUT2D eigenvalue weighted by atomic mass is 9.88. The number of carbonyl (C=O) groups excluding carboxylic acids is 1. The smallest absolute Gasteiger partial charge is 0.170 e. The van der Waals surface area contributed by atoms with E-state index in [1.54, 1.807) is 18.6 Å². The van der Waals surface area contributed by atoms with Crippen molar-refractivity contribution in [2.45, 2.75) is 19.3 Å². The lowest BCUT2D eigenvalue weighted by Gasteiger charge is -2.17. The van der Waals surface area contributed by atoms with E-state index in [4.69, 9.17) is 16.7 Å². The number of aliphatic hydroxyl groups is 1. The first-order chi connectivity index (χ1) is 15.2. The van der Waals surface area contributed by atoms with Crippen molar-refractivity contribution >= 4 is 34.7 Å². The number of pyridine rings is 2. The third-order valence-corrected chi connectivity index (χ3v) is 5.75. The van der Waals surface area contributed by atoms with Crippen LogP contribution in [0.15, 0.2) is 67.3 Å². The Labute approximate surface area is 185 Å². The Bertz CT molecular complexity index is 1280. The minimum atomic E-state index is 0.426. The van der Waals surface area contributed by atoms with E-state index in [1.165, 1.54) is 22.3 Å². The molecule has 4 aromatic rings. The van der Waals surface area contributed by atoms with Gasteiger partial charge < -0.3 is 9.51 Å². The average molecular weight is 432 g/mol.